The molecular formula is C24H15Br. The first-order valence-electron chi connectivity index (χ1n) is 14.7. The Labute approximate surface area is 175 Å². The molecule has 5 rings (SSSR count). The second-order valence-electron chi connectivity index (χ2n) is 5.19. The van der Waals surface area contributed by atoms with Gasteiger partial charge in [0.25, 0.3) is 0 Å². The number of benzene rings is 5. The van der Waals surface area contributed by atoms with Crippen LogP contribution < -0.4 is 0 Å². The normalized spacial score (nSPS) is 19.8. The maximum absolute atomic E-state index is 9.02. The number of rotatable bonds is 1. The summed E-state index contributed by atoms with van der Waals surface area (Å²) in [7, 11) is 0. The van der Waals surface area contributed by atoms with Crippen LogP contribution in [0.2, 0.25) is 0 Å². The largest absolute Gasteiger partial charge is 0.0636 e. The third-order valence-corrected chi connectivity index (χ3v) is 4.61. The Morgan fingerprint density at radius 2 is 1.08 bits per heavy atom. The van der Waals surface area contributed by atoms with Gasteiger partial charge in [0.15, 0.2) is 0 Å². The van der Waals surface area contributed by atoms with Crippen LogP contribution in [0.3, 0.4) is 0 Å². The van der Waals surface area contributed by atoms with Crippen molar-refractivity contribution in [3.8, 4) is 11.1 Å². The quantitative estimate of drug-likeness (QED) is 0.255. The van der Waals surface area contributed by atoms with Gasteiger partial charge in [-0.25, -0.2) is 0 Å². The van der Waals surface area contributed by atoms with Gasteiger partial charge in [0.05, 0.1) is 20.6 Å². The summed E-state index contributed by atoms with van der Waals surface area (Å²) in [6, 6.07) is -9.68. The van der Waals surface area contributed by atoms with Crippen LogP contribution in [-0.4, -0.2) is 0 Å². The summed E-state index contributed by atoms with van der Waals surface area (Å²) in [6.07, 6.45) is 0. The number of hydrogen-bond donors (Lipinski definition) is 0. The molecule has 5 aromatic rings. The Hall–Kier alpha value is -2.64. The molecule has 0 atom stereocenters. The molecular weight excluding hydrogens is 368 g/mol. The zero-order valence-electron chi connectivity index (χ0n) is 27.4. The van der Waals surface area contributed by atoms with Gasteiger partial charge in [0, 0.05) is 4.47 Å². The summed E-state index contributed by atoms with van der Waals surface area (Å²) in [5, 5.41) is -1.72. The standard InChI is InChI=1S/C24H15Br/c25-24-21-11-5-3-9-19(21)23(20-10-4-6-12-22(20)24)18-14-13-16-7-1-2-8-17(16)15-18/h1-15H/i1D,2D,3D,4D,5D,6D,7D,8D,9D,10D,11D,12D,13D,14D,15D. The van der Waals surface area contributed by atoms with Crippen LogP contribution in [-0.2, 0) is 0 Å². The third kappa shape index (κ3) is 2.27. The SMILES string of the molecule is [2H]c1c([2H])c([2H])c2c([2H])c(-c3c4c([2H])c([2H])c([2H])c([2H])c4c(Br)c4c([2H])c([2H])c([2H])c([2H])c34)c([2H])c([2H])c2c1[2H]. The van der Waals surface area contributed by atoms with Crippen LogP contribution in [0.15, 0.2) is 95.1 Å². The average Bonchev–Trinajstić information content (AvgIpc) is 2.92. The molecule has 0 saturated carbocycles. The topological polar surface area (TPSA) is 0 Å². The van der Waals surface area contributed by atoms with E-state index >= 15 is 0 Å². The first-order valence-corrected chi connectivity index (χ1v) is 7.98. The van der Waals surface area contributed by atoms with E-state index in [4.69, 9.17) is 20.6 Å². The molecule has 0 aliphatic rings. The van der Waals surface area contributed by atoms with Crippen LogP contribution in [0.5, 0.6) is 0 Å². The highest BCUT2D eigenvalue weighted by Gasteiger charge is 2.13. The summed E-state index contributed by atoms with van der Waals surface area (Å²) < 4.78 is 127. The van der Waals surface area contributed by atoms with Gasteiger partial charge in [-0.2, -0.15) is 0 Å². The van der Waals surface area contributed by atoms with E-state index in [1.807, 2.05) is 0 Å². The van der Waals surface area contributed by atoms with E-state index in [2.05, 4.69) is 15.9 Å². The predicted octanol–water partition coefficient (Wildman–Crippen LogP) is 7.58. The fourth-order valence-corrected chi connectivity index (χ4v) is 3.33. The van der Waals surface area contributed by atoms with Crippen LogP contribution in [0.1, 0.15) is 20.6 Å². The lowest BCUT2D eigenvalue weighted by Gasteiger charge is -2.15. The van der Waals surface area contributed by atoms with Crippen molar-refractivity contribution < 1.29 is 20.6 Å². The van der Waals surface area contributed by atoms with Crippen LogP contribution in [0.4, 0.5) is 0 Å². The number of hydrogen-bond acceptors (Lipinski definition) is 0. The molecule has 25 heavy (non-hydrogen) atoms. The minimum Gasteiger partial charge on any atom is -0.0616 e. The second-order valence-corrected chi connectivity index (χ2v) is 5.98. The van der Waals surface area contributed by atoms with E-state index < -0.39 is 102 Å². The fraction of sp³-hybridized carbons (Fsp3) is 0. The minimum absolute atomic E-state index is 0.0629. The van der Waals surface area contributed by atoms with Crippen molar-refractivity contribution in [2.75, 3.05) is 0 Å². The number of halogens is 1. The van der Waals surface area contributed by atoms with Gasteiger partial charge < -0.3 is 0 Å². The van der Waals surface area contributed by atoms with Crippen LogP contribution in [0.25, 0.3) is 43.4 Å². The molecule has 0 saturated heterocycles. The summed E-state index contributed by atoms with van der Waals surface area (Å²) in [5.74, 6) is 0. The minimum atomic E-state index is -0.715. The van der Waals surface area contributed by atoms with E-state index in [9.17, 15) is 0 Å². The molecule has 0 bridgehead atoms. The van der Waals surface area contributed by atoms with Gasteiger partial charge in [0.2, 0.25) is 0 Å². The van der Waals surface area contributed by atoms with Crippen molar-refractivity contribution in [1.82, 2.24) is 0 Å². The smallest absolute Gasteiger partial charge is 0.0616 e. The van der Waals surface area contributed by atoms with E-state index in [0.29, 0.717) is 0 Å². The summed E-state index contributed by atoms with van der Waals surface area (Å²) >= 11 is 3.28. The molecule has 0 heterocycles. The van der Waals surface area contributed by atoms with Crippen LogP contribution >= 0.6 is 15.9 Å². The van der Waals surface area contributed by atoms with Gasteiger partial charge in [0.1, 0.15) is 0 Å². The first-order chi connectivity index (χ1) is 18.6. The Morgan fingerprint density at radius 1 is 0.560 bits per heavy atom. The van der Waals surface area contributed by atoms with Crippen molar-refractivity contribution in [3.05, 3.63) is 95.1 Å². The van der Waals surface area contributed by atoms with Gasteiger partial charge in [-0.1, -0.05) is 84.6 Å². The summed E-state index contributed by atoms with van der Waals surface area (Å²) in [4.78, 5) is 0. The Kier molecular flexibility index (Phi) is 1.36. The van der Waals surface area contributed by atoms with Crippen molar-refractivity contribution in [2.24, 2.45) is 0 Å². The van der Waals surface area contributed by atoms with Gasteiger partial charge in [-0.15, -0.1) is 0 Å². The molecule has 1 heteroatoms. The van der Waals surface area contributed by atoms with Crippen LogP contribution in [0, 0.1) is 0 Å². The Bertz CT molecular complexity index is 1940. The van der Waals surface area contributed by atoms with E-state index in [1.54, 1.807) is 0 Å². The monoisotopic (exact) mass is 397 g/mol. The highest BCUT2D eigenvalue weighted by molar-refractivity contribution is 9.10. The molecule has 0 aromatic heterocycles. The molecule has 118 valence electrons. The van der Waals surface area contributed by atoms with E-state index in [1.165, 1.54) is 0 Å². The lowest BCUT2D eigenvalue weighted by molar-refractivity contribution is 1.69. The average molecular weight is 398 g/mol. The molecule has 0 amide bonds. The lowest BCUT2D eigenvalue weighted by atomic mass is 9.91. The molecule has 5 aromatic carbocycles. The van der Waals surface area contributed by atoms with Crippen molar-refractivity contribution in [1.29, 1.82) is 0 Å². The van der Waals surface area contributed by atoms with E-state index in [0.717, 1.165) is 0 Å². The maximum atomic E-state index is 9.02. The zero-order chi connectivity index (χ0) is 29.9. The molecule has 0 radical (unpaired) electrons. The second kappa shape index (κ2) is 5.72. The molecule has 0 unspecified atom stereocenters. The van der Waals surface area contributed by atoms with Gasteiger partial charge >= 0.3 is 0 Å². The highest BCUT2D eigenvalue weighted by atomic mass is 79.9. The third-order valence-electron chi connectivity index (χ3n) is 3.81. The first kappa shape index (κ1) is 5.96. The van der Waals surface area contributed by atoms with E-state index in [-0.39, 0.29) is 37.0 Å². The summed E-state index contributed by atoms with van der Waals surface area (Å²) in [5.41, 5.74) is -0.815. The molecule has 0 nitrogen and oxygen atoms in total. The molecule has 0 N–H and O–H groups in total. The molecule has 0 fully saturated rings. The van der Waals surface area contributed by atoms with Gasteiger partial charge in [-0.3, -0.25) is 0 Å². The molecule has 0 spiro atoms. The number of fused-ring (bicyclic) bond motifs is 3. The molecule has 0 aliphatic heterocycles. The van der Waals surface area contributed by atoms with Crippen molar-refractivity contribution in [2.45, 2.75) is 0 Å². The van der Waals surface area contributed by atoms with Gasteiger partial charge in [-0.05, 0) is 65.4 Å². The van der Waals surface area contributed by atoms with Crippen molar-refractivity contribution >= 4 is 48.2 Å². The lowest BCUT2D eigenvalue weighted by Crippen LogP contribution is -1.87. The fourth-order valence-electron chi connectivity index (χ4n) is 2.74. The highest BCUT2D eigenvalue weighted by Crippen LogP contribution is 2.41. The summed E-state index contributed by atoms with van der Waals surface area (Å²) in [6.45, 7) is 0. The van der Waals surface area contributed by atoms with Crippen molar-refractivity contribution in [3.63, 3.8) is 0 Å². The maximum Gasteiger partial charge on any atom is 0.0636 e. The predicted molar refractivity (Wildman–Crippen MR) is 112 cm³/mol. The zero-order valence-corrected chi connectivity index (χ0v) is 14.0. The Balaban J connectivity index is 2.26. The molecule has 0 aliphatic carbocycles. The Morgan fingerprint density at radius 3 is 1.72 bits per heavy atom.